The van der Waals surface area contributed by atoms with Gasteiger partial charge >= 0.3 is 0 Å². The van der Waals surface area contributed by atoms with Gasteiger partial charge in [-0.1, -0.05) is 13.0 Å². The van der Waals surface area contributed by atoms with Crippen LogP contribution in [0.15, 0.2) is 30.6 Å². The number of hydrogen-bond acceptors (Lipinski definition) is 5. The number of aromatic nitrogens is 3. The van der Waals surface area contributed by atoms with E-state index in [2.05, 4.69) is 39.4 Å². The maximum atomic E-state index is 12.0. The molecule has 0 spiro atoms. The van der Waals surface area contributed by atoms with Crippen LogP contribution in [0, 0.1) is 0 Å². The minimum Gasteiger partial charge on any atom is -0.491 e. The Morgan fingerprint density at radius 1 is 1.35 bits per heavy atom. The summed E-state index contributed by atoms with van der Waals surface area (Å²) in [6, 6.07) is 5.92. The van der Waals surface area contributed by atoms with Crippen molar-refractivity contribution < 1.29 is 9.53 Å². The van der Waals surface area contributed by atoms with Crippen LogP contribution >= 0.6 is 0 Å². The van der Waals surface area contributed by atoms with Crippen LogP contribution in [0.5, 0.6) is 5.75 Å². The van der Waals surface area contributed by atoms with Crippen LogP contribution in [0.2, 0.25) is 0 Å². The van der Waals surface area contributed by atoms with Crippen molar-refractivity contribution >= 4 is 22.9 Å². The van der Waals surface area contributed by atoms with Crippen molar-refractivity contribution in [2.75, 3.05) is 18.5 Å². The first-order chi connectivity index (χ1) is 12.7. The molecule has 3 N–H and O–H groups in total. The van der Waals surface area contributed by atoms with Crippen LogP contribution in [-0.4, -0.2) is 40.1 Å². The van der Waals surface area contributed by atoms with E-state index in [1.54, 1.807) is 6.07 Å². The van der Waals surface area contributed by atoms with Gasteiger partial charge in [0.05, 0.1) is 12.1 Å². The minimum absolute atomic E-state index is 0.105. The summed E-state index contributed by atoms with van der Waals surface area (Å²) in [7, 11) is 0. The van der Waals surface area contributed by atoms with Gasteiger partial charge in [0.2, 0.25) is 5.95 Å². The van der Waals surface area contributed by atoms with Gasteiger partial charge in [0.25, 0.3) is 5.91 Å². The molecular formula is C19H21N5O2. The fraction of sp³-hybridized carbons (Fsp3) is 0.316. The van der Waals surface area contributed by atoms with Gasteiger partial charge in [0.1, 0.15) is 18.0 Å². The zero-order chi connectivity index (χ0) is 18.1. The number of rotatable bonds is 4. The summed E-state index contributed by atoms with van der Waals surface area (Å²) in [6.07, 6.45) is 4.73. The molecule has 1 aliphatic rings. The lowest BCUT2D eigenvalue weighted by Gasteiger charge is -2.10. The van der Waals surface area contributed by atoms with Crippen molar-refractivity contribution in [3.8, 4) is 16.9 Å². The van der Waals surface area contributed by atoms with Crippen molar-refractivity contribution in [1.82, 2.24) is 20.3 Å². The molecule has 0 saturated heterocycles. The first kappa shape index (κ1) is 16.4. The molecule has 1 aliphatic heterocycles. The third kappa shape index (κ3) is 2.96. The quantitative estimate of drug-likeness (QED) is 0.672. The topological polar surface area (TPSA) is 91.9 Å². The normalized spacial score (nSPS) is 14.9. The summed E-state index contributed by atoms with van der Waals surface area (Å²) >= 11 is 0. The fourth-order valence-electron chi connectivity index (χ4n) is 2.96. The third-order valence-electron chi connectivity index (χ3n) is 4.60. The van der Waals surface area contributed by atoms with E-state index < -0.39 is 0 Å². The van der Waals surface area contributed by atoms with Gasteiger partial charge in [0, 0.05) is 29.4 Å². The highest BCUT2D eigenvalue weighted by molar-refractivity contribution is 5.99. The smallest absolute Gasteiger partial charge is 0.255 e. The van der Waals surface area contributed by atoms with Crippen LogP contribution in [0.25, 0.3) is 22.2 Å². The van der Waals surface area contributed by atoms with Crippen LogP contribution in [-0.2, 0) is 0 Å². The zero-order valence-corrected chi connectivity index (χ0v) is 14.8. The molecule has 134 valence electrons. The number of fused-ring (bicyclic) bond motifs is 2. The molecule has 0 radical (unpaired) electrons. The molecule has 26 heavy (non-hydrogen) atoms. The van der Waals surface area contributed by atoms with Gasteiger partial charge < -0.3 is 20.4 Å². The monoisotopic (exact) mass is 351 g/mol. The second-order valence-corrected chi connectivity index (χ2v) is 6.43. The van der Waals surface area contributed by atoms with Gasteiger partial charge in [0.15, 0.2) is 0 Å². The Kier molecular flexibility index (Phi) is 4.20. The second-order valence-electron chi connectivity index (χ2n) is 6.43. The van der Waals surface area contributed by atoms with E-state index >= 15 is 0 Å². The van der Waals surface area contributed by atoms with Gasteiger partial charge in [-0.3, -0.25) is 4.79 Å². The first-order valence-electron chi connectivity index (χ1n) is 8.81. The highest BCUT2D eigenvalue weighted by Gasteiger charge is 2.18. The van der Waals surface area contributed by atoms with E-state index in [0.717, 1.165) is 28.6 Å². The number of nitrogens with one attached hydrogen (secondary N) is 3. The summed E-state index contributed by atoms with van der Waals surface area (Å²) in [5.41, 5.74) is 3.26. The predicted octanol–water partition coefficient (Wildman–Crippen LogP) is 2.96. The van der Waals surface area contributed by atoms with E-state index in [0.29, 0.717) is 36.5 Å². The van der Waals surface area contributed by atoms with E-state index in [4.69, 9.17) is 4.74 Å². The number of H-pyrrole nitrogens is 1. The van der Waals surface area contributed by atoms with Crippen molar-refractivity contribution in [2.24, 2.45) is 0 Å². The molecule has 1 atom stereocenters. The van der Waals surface area contributed by atoms with E-state index in [-0.39, 0.29) is 5.91 Å². The minimum atomic E-state index is -0.105. The molecule has 1 amide bonds. The molecule has 2 aromatic heterocycles. The Labute approximate surface area is 151 Å². The van der Waals surface area contributed by atoms with Gasteiger partial charge in [-0.2, -0.15) is 4.98 Å². The number of anilines is 1. The second kappa shape index (κ2) is 6.67. The number of hydrogen-bond donors (Lipinski definition) is 3. The lowest BCUT2D eigenvalue weighted by atomic mass is 10.0. The third-order valence-corrected chi connectivity index (χ3v) is 4.60. The molecule has 7 heteroatoms. The summed E-state index contributed by atoms with van der Waals surface area (Å²) in [4.78, 5) is 24.2. The number of benzene rings is 1. The van der Waals surface area contributed by atoms with E-state index in [9.17, 15) is 4.79 Å². The molecule has 7 nitrogen and oxygen atoms in total. The zero-order valence-electron chi connectivity index (χ0n) is 14.8. The first-order valence-corrected chi connectivity index (χ1v) is 8.81. The number of amides is 1. The van der Waals surface area contributed by atoms with Gasteiger partial charge in [-0.15, -0.1) is 0 Å². The number of ether oxygens (including phenoxy) is 1. The molecular weight excluding hydrogens is 330 g/mol. The Balaban J connectivity index is 1.71. The van der Waals surface area contributed by atoms with Crippen molar-refractivity contribution in [2.45, 2.75) is 26.3 Å². The largest absolute Gasteiger partial charge is 0.491 e. The summed E-state index contributed by atoms with van der Waals surface area (Å²) < 4.78 is 5.71. The van der Waals surface area contributed by atoms with Crippen molar-refractivity contribution in [3.05, 3.63) is 36.2 Å². The SMILES string of the molecule is CC[C@H](C)Nc1ncc2c(-c3ccc4c(c3)OCCNC4=O)c[nH]c2n1. The molecule has 0 saturated carbocycles. The summed E-state index contributed by atoms with van der Waals surface area (Å²) in [5, 5.41) is 7.02. The Morgan fingerprint density at radius 2 is 2.23 bits per heavy atom. The Hall–Kier alpha value is -3.09. The summed E-state index contributed by atoms with van der Waals surface area (Å²) in [6.45, 7) is 5.18. The number of aromatic amines is 1. The molecule has 0 fully saturated rings. The van der Waals surface area contributed by atoms with Gasteiger partial charge in [-0.25, -0.2) is 4.98 Å². The van der Waals surface area contributed by atoms with Crippen LogP contribution < -0.4 is 15.4 Å². The highest BCUT2D eigenvalue weighted by Crippen LogP contribution is 2.32. The average molecular weight is 351 g/mol. The highest BCUT2D eigenvalue weighted by atomic mass is 16.5. The molecule has 0 aliphatic carbocycles. The van der Waals surface area contributed by atoms with Crippen LogP contribution in [0.3, 0.4) is 0 Å². The standard InChI is InChI=1S/C19H21N5O2/c1-3-11(2)23-19-22-10-15-14(9-21-17(15)24-19)12-4-5-13-16(8-12)26-7-6-20-18(13)25/h4-5,8-11H,3,6-7H2,1-2H3,(H,20,25)(H2,21,22,23,24)/t11-/m0/s1. The number of carbonyl (C=O) groups excluding carboxylic acids is 1. The van der Waals surface area contributed by atoms with Gasteiger partial charge in [-0.05, 0) is 31.0 Å². The molecule has 4 rings (SSSR count). The summed E-state index contributed by atoms with van der Waals surface area (Å²) in [5.74, 6) is 1.11. The predicted molar refractivity (Wildman–Crippen MR) is 101 cm³/mol. The Bertz CT molecular complexity index is 966. The van der Waals surface area contributed by atoms with Crippen LogP contribution in [0.1, 0.15) is 30.6 Å². The van der Waals surface area contributed by atoms with E-state index in [1.165, 1.54) is 0 Å². The fourth-order valence-corrected chi connectivity index (χ4v) is 2.96. The molecule has 1 aromatic carbocycles. The lowest BCUT2D eigenvalue weighted by molar-refractivity contribution is 0.0957. The molecule has 3 heterocycles. The van der Waals surface area contributed by atoms with Crippen LogP contribution in [0.4, 0.5) is 5.95 Å². The Morgan fingerprint density at radius 3 is 3.08 bits per heavy atom. The molecule has 0 unspecified atom stereocenters. The van der Waals surface area contributed by atoms with Crippen molar-refractivity contribution in [1.29, 1.82) is 0 Å². The maximum absolute atomic E-state index is 12.0. The molecule has 0 bridgehead atoms. The van der Waals surface area contributed by atoms with E-state index in [1.807, 2.05) is 24.5 Å². The maximum Gasteiger partial charge on any atom is 0.255 e. The average Bonchev–Trinajstić information content (AvgIpc) is 2.98. The number of nitrogens with zero attached hydrogens (tertiary/aromatic N) is 2. The van der Waals surface area contributed by atoms with Crippen molar-refractivity contribution in [3.63, 3.8) is 0 Å². The lowest BCUT2D eigenvalue weighted by Crippen LogP contribution is -2.24. The number of carbonyl (C=O) groups is 1. The molecule has 3 aromatic rings.